The molecule has 0 spiro atoms. The van der Waals surface area contributed by atoms with Crippen LogP contribution in [0, 0.1) is 16.7 Å². The normalized spacial score (nSPS) is 33.3. The van der Waals surface area contributed by atoms with Gasteiger partial charge in [-0.3, -0.25) is 0 Å². The standard InChI is InChI=1S/C28H31NO5/c1-26-16-34-28(14-17(26)12-13-27(26,28)2)23(24(30)32-3)29-25(31)33-15-22-20-10-6-4-8-18(20)19-9-5-7-11-21(19)22/h4-11,17,22-23H,12-16H2,1-3H3,(H,29,31)/t17-,23+,26+,27-,28+/m1/s1. The second kappa shape index (κ2) is 7.32. The van der Waals surface area contributed by atoms with Crippen LogP contribution in [0.3, 0.4) is 0 Å². The van der Waals surface area contributed by atoms with Crippen LogP contribution < -0.4 is 5.32 Å². The Morgan fingerprint density at radius 2 is 1.74 bits per heavy atom. The van der Waals surface area contributed by atoms with Gasteiger partial charge < -0.3 is 19.5 Å². The van der Waals surface area contributed by atoms with Crippen molar-refractivity contribution in [3.63, 3.8) is 0 Å². The van der Waals surface area contributed by atoms with Crippen LogP contribution >= 0.6 is 0 Å². The molecule has 6 rings (SSSR count). The van der Waals surface area contributed by atoms with Gasteiger partial charge in [0.15, 0.2) is 6.04 Å². The number of hydrogen-bond acceptors (Lipinski definition) is 5. The molecule has 1 aliphatic heterocycles. The zero-order valence-electron chi connectivity index (χ0n) is 19.9. The summed E-state index contributed by atoms with van der Waals surface area (Å²) in [4.78, 5) is 26.0. The minimum Gasteiger partial charge on any atom is -0.467 e. The molecular weight excluding hydrogens is 430 g/mol. The molecule has 2 saturated carbocycles. The highest BCUT2D eigenvalue weighted by Crippen LogP contribution is 2.75. The summed E-state index contributed by atoms with van der Waals surface area (Å²) in [6.07, 6.45) is 2.25. The number of esters is 1. The van der Waals surface area contributed by atoms with Crippen molar-refractivity contribution in [2.75, 3.05) is 20.3 Å². The van der Waals surface area contributed by atoms with Gasteiger partial charge in [0.1, 0.15) is 12.2 Å². The first-order valence-electron chi connectivity index (χ1n) is 12.2. The van der Waals surface area contributed by atoms with Crippen LogP contribution in [0.4, 0.5) is 4.79 Å². The predicted octanol–water partition coefficient (Wildman–Crippen LogP) is 4.66. The Morgan fingerprint density at radius 1 is 1.09 bits per heavy atom. The average Bonchev–Trinajstić information content (AvgIpc) is 3.46. The summed E-state index contributed by atoms with van der Waals surface area (Å²) in [6, 6.07) is 15.5. The summed E-state index contributed by atoms with van der Waals surface area (Å²) in [5.41, 5.74) is 3.70. The van der Waals surface area contributed by atoms with E-state index in [9.17, 15) is 9.59 Å². The van der Waals surface area contributed by atoms with Gasteiger partial charge in [-0.1, -0.05) is 62.4 Å². The number of carbonyl (C=O) groups excluding carboxylic acids is 2. The summed E-state index contributed by atoms with van der Waals surface area (Å²) in [5, 5.41) is 2.87. The molecule has 2 aromatic carbocycles. The number of benzene rings is 2. The molecule has 6 nitrogen and oxygen atoms in total. The van der Waals surface area contributed by atoms with Gasteiger partial charge in [-0.25, -0.2) is 9.59 Å². The number of amides is 1. The van der Waals surface area contributed by atoms with Gasteiger partial charge in [0.05, 0.1) is 13.7 Å². The first-order chi connectivity index (χ1) is 16.3. The fourth-order valence-corrected chi connectivity index (χ4v) is 7.67. The second-order valence-electron chi connectivity index (χ2n) is 10.8. The molecule has 6 heteroatoms. The number of rotatable bonds is 5. The SMILES string of the molecule is COC(=O)[C@H](NC(=O)OCC1c2ccccc2-c2ccccc21)[C@@]12C[C@H]3CC[C@]1(C)[C@@]3(C)CO2. The molecule has 4 aliphatic rings. The molecule has 3 aliphatic carbocycles. The van der Waals surface area contributed by atoms with E-state index in [0.29, 0.717) is 12.5 Å². The third-order valence-corrected chi connectivity index (χ3v) is 9.78. The molecule has 0 aromatic heterocycles. The van der Waals surface area contributed by atoms with Crippen LogP contribution in [0.5, 0.6) is 0 Å². The third-order valence-electron chi connectivity index (χ3n) is 9.78. The summed E-state index contributed by atoms with van der Waals surface area (Å²) >= 11 is 0. The molecule has 0 radical (unpaired) electrons. The van der Waals surface area contributed by atoms with E-state index in [0.717, 1.165) is 30.4 Å². The zero-order chi connectivity index (χ0) is 23.7. The molecule has 1 saturated heterocycles. The lowest BCUT2D eigenvalue weighted by Crippen LogP contribution is -2.63. The van der Waals surface area contributed by atoms with Gasteiger partial charge in [0, 0.05) is 16.7 Å². The van der Waals surface area contributed by atoms with Crippen LogP contribution in [-0.2, 0) is 19.0 Å². The highest BCUT2D eigenvalue weighted by molar-refractivity contribution is 5.84. The maximum atomic E-state index is 13.1. The third kappa shape index (κ3) is 2.60. The van der Waals surface area contributed by atoms with Gasteiger partial charge in [-0.2, -0.15) is 0 Å². The van der Waals surface area contributed by atoms with Crippen LogP contribution in [0.1, 0.15) is 50.2 Å². The highest BCUT2D eigenvalue weighted by atomic mass is 16.6. The number of hydrogen-bond donors (Lipinski definition) is 1. The van der Waals surface area contributed by atoms with E-state index in [4.69, 9.17) is 14.2 Å². The van der Waals surface area contributed by atoms with Crippen molar-refractivity contribution in [2.45, 2.75) is 50.7 Å². The summed E-state index contributed by atoms with van der Waals surface area (Å²) < 4.78 is 17.3. The topological polar surface area (TPSA) is 73.9 Å². The van der Waals surface area contributed by atoms with Crippen LogP contribution in [-0.4, -0.2) is 44.0 Å². The van der Waals surface area contributed by atoms with Crippen molar-refractivity contribution in [3.05, 3.63) is 59.7 Å². The van der Waals surface area contributed by atoms with Crippen molar-refractivity contribution >= 4 is 12.1 Å². The van der Waals surface area contributed by atoms with E-state index in [1.807, 2.05) is 24.3 Å². The van der Waals surface area contributed by atoms with Crippen LogP contribution in [0.2, 0.25) is 0 Å². The summed E-state index contributed by atoms with van der Waals surface area (Å²) in [7, 11) is 1.36. The Bertz CT molecular complexity index is 1130. The van der Waals surface area contributed by atoms with Crippen molar-refractivity contribution < 1.29 is 23.8 Å². The molecular formula is C28H31NO5. The minimum atomic E-state index is -0.898. The maximum absolute atomic E-state index is 13.1. The molecule has 34 heavy (non-hydrogen) atoms. The van der Waals surface area contributed by atoms with Crippen LogP contribution in [0.15, 0.2) is 48.5 Å². The smallest absolute Gasteiger partial charge is 0.407 e. The Balaban J connectivity index is 1.23. The number of methoxy groups -OCH3 is 1. The fraction of sp³-hybridized carbons (Fsp3) is 0.500. The van der Waals surface area contributed by atoms with Crippen molar-refractivity contribution in [1.29, 1.82) is 0 Å². The van der Waals surface area contributed by atoms with Gasteiger partial charge >= 0.3 is 12.1 Å². The molecule has 2 aromatic rings. The summed E-state index contributed by atoms with van der Waals surface area (Å²) in [6.45, 7) is 5.27. The summed E-state index contributed by atoms with van der Waals surface area (Å²) in [5.74, 6) is -0.0341. The average molecular weight is 462 g/mol. The number of nitrogens with one attached hydrogen (secondary N) is 1. The molecule has 1 heterocycles. The monoisotopic (exact) mass is 461 g/mol. The molecule has 178 valence electrons. The van der Waals surface area contributed by atoms with Crippen molar-refractivity contribution in [3.8, 4) is 11.1 Å². The number of fused-ring (bicyclic) bond motifs is 3. The van der Waals surface area contributed by atoms with E-state index >= 15 is 0 Å². The largest absolute Gasteiger partial charge is 0.467 e. The highest BCUT2D eigenvalue weighted by Gasteiger charge is 2.79. The molecule has 4 bridgehead atoms. The maximum Gasteiger partial charge on any atom is 0.407 e. The number of ether oxygens (including phenoxy) is 3. The Kier molecular flexibility index (Phi) is 4.66. The van der Waals surface area contributed by atoms with E-state index < -0.39 is 23.7 Å². The lowest BCUT2D eigenvalue weighted by molar-refractivity contribution is -0.162. The fourth-order valence-electron chi connectivity index (χ4n) is 7.67. The lowest BCUT2D eigenvalue weighted by Gasteiger charge is -2.45. The van der Waals surface area contributed by atoms with E-state index in [-0.39, 0.29) is 23.4 Å². The van der Waals surface area contributed by atoms with Gasteiger partial charge in [0.2, 0.25) is 0 Å². The first-order valence-corrected chi connectivity index (χ1v) is 12.2. The first kappa shape index (κ1) is 21.7. The number of alkyl carbamates (subject to hydrolysis) is 1. The van der Waals surface area contributed by atoms with Crippen LogP contribution in [0.25, 0.3) is 11.1 Å². The van der Waals surface area contributed by atoms with Gasteiger partial charge in [-0.05, 0) is 47.4 Å². The van der Waals surface area contributed by atoms with E-state index in [2.05, 4.69) is 43.4 Å². The Hall–Kier alpha value is -2.86. The quantitative estimate of drug-likeness (QED) is 0.656. The zero-order valence-corrected chi connectivity index (χ0v) is 19.9. The molecule has 3 fully saturated rings. The van der Waals surface area contributed by atoms with E-state index in [1.54, 1.807) is 0 Å². The van der Waals surface area contributed by atoms with Gasteiger partial charge in [0.25, 0.3) is 0 Å². The lowest BCUT2D eigenvalue weighted by atomic mass is 9.64. The Labute approximate surface area is 200 Å². The number of carbonyl (C=O) groups is 2. The minimum absolute atomic E-state index is 0.0160. The van der Waals surface area contributed by atoms with Crippen molar-refractivity contribution in [2.24, 2.45) is 16.7 Å². The van der Waals surface area contributed by atoms with Crippen molar-refractivity contribution in [1.82, 2.24) is 5.32 Å². The molecule has 1 N–H and O–H groups in total. The molecule has 0 unspecified atom stereocenters. The Morgan fingerprint density at radius 3 is 2.32 bits per heavy atom. The predicted molar refractivity (Wildman–Crippen MR) is 126 cm³/mol. The molecule has 5 atom stereocenters. The second-order valence-corrected chi connectivity index (χ2v) is 10.8. The van der Waals surface area contributed by atoms with E-state index in [1.165, 1.54) is 18.2 Å². The molecule has 1 amide bonds. The van der Waals surface area contributed by atoms with Gasteiger partial charge in [-0.15, -0.1) is 0 Å².